The topological polar surface area (TPSA) is 95.9 Å². The molecule has 0 spiro atoms. The molecule has 1 aromatic carbocycles. The highest BCUT2D eigenvalue weighted by Gasteiger charge is 2.31. The number of ether oxygens (including phenoxy) is 1. The highest BCUT2D eigenvalue weighted by atomic mass is 19.1. The first-order valence-corrected chi connectivity index (χ1v) is 7.21. The van der Waals surface area contributed by atoms with Crippen molar-refractivity contribution in [2.45, 2.75) is 18.9 Å². The lowest BCUT2D eigenvalue weighted by molar-refractivity contribution is -0.154. The normalized spacial score (nSPS) is 20.7. The quantitative estimate of drug-likeness (QED) is 0.833. The molecule has 2 amide bonds. The number of hydrogen-bond donors (Lipinski definition) is 2. The zero-order valence-corrected chi connectivity index (χ0v) is 12.2. The van der Waals surface area contributed by atoms with Crippen molar-refractivity contribution in [1.82, 2.24) is 4.90 Å². The van der Waals surface area contributed by atoms with Gasteiger partial charge in [-0.15, -0.1) is 0 Å². The van der Waals surface area contributed by atoms with Crippen molar-refractivity contribution in [2.75, 3.05) is 25.0 Å². The van der Waals surface area contributed by atoms with Crippen LogP contribution in [0.1, 0.15) is 22.3 Å². The van der Waals surface area contributed by atoms with Crippen LogP contribution >= 0.6 is 0 Å². The average Bonchev–Trinajstić information content (AvgIpc) is 2.53. The summed E-state index contributed by atoms with van der Waals surface area (Å²) in [4.78, 5) is 36.1. The van der Waals surface area contributed by atoms with Crippen LogP contribution in [0.2, 0.25) is 0 Å². The Labute approximate surface area is 131 Å². The summed E-state index contributed by atoms with van der Waals surface area (Å²) in [5.74, 6) is -2.66. The molecule has 2 N–H and O–H groups in total. The Morgan fingerprint density at radius 1 is 1.35 bits per heavy atom. The van der Waals surface area contributed by atoms with Crippen LogP contribution in [0.5, 0.6) is 0 Å². The molecule has 23 heavy (non-hydrogen) atoms. The van der Waals surface area contributed by atoms with Crippen LogP contribution in [-0.4, -0.2) is 53.6 Å². The van der Waals surface area contributed by atoms with Gasteiger partial charge in [0.25, 0.3) is 5.91 Å². The summed E-state index contributed by atoms with van der Waals surface area (Å²) in [5.41, 5.74) is 0.948. The molecule has 1 saturated heterocycles. The van der Waals surface area contributed by atoms with E-state index in [2.05, 4.69) is 5.32 Å². The Bertz CT molecular complexity index is 691. The lowest BCUT2D eigenvalue weighted by atomic mass is 9.99. The highest BCUT2D eigenvalue weighted by Crippen LogP contribution is 2.27. The van der Waals surface area contributed by atoms with Gasteiger partial charge in [-0.2, -0.15) is 0 Å². The van der Waals surface area contributed by atoms with Crippen molar-refractivity contribution >= 4 is 23.5 Å². The van der Waals surface area contributed by atoms with Crippen LogP contribution < -0.4 is 5.32 Å². The van der Waals surface area contributed by atoms with E-state index < -0.39 is 23.8 Å². The molecule has 2 heterocycles. The van der Waals surface area contributed by atoms with Gasteiger partial charge in [0.15, 0.2) is 6.10 Å². The van der Waals surface area contributed by atoms with Gasteiger partial charge in [-0.1, -0.05) is 0 Å². The molecule has 7 nitrogen and oxygen atoms in total. The third kappa shape index (κ3) is 3.02. The molecule has 0 aliphatic carbocycles. The van der Waals surface area contributed by atoms with Gasteiger partial charge >= 0.3 is 5.97 Å². The van der Waals surface area contributed by atoms with Gasteiger partial charge in [0.1, 0.15) is 5.82 Å². The van der Waals surface area contributed by atoms with Gasteiger partial charge in [0.05, 0.1) is 18.7 Å². The van der Waals surface area contributed by atoms with Crippen LogP contribution in [0.15, 0.2) is 12.1 Å². The zero-order chi connectivity index (χ0) is 16.6. The molecule has 122 valence electrons. The predicted molar refractivity (Wildman–Crippen MR) is 76.6 cm³/mol. The predicted octanol–water partition coefficient (Wildman–Crippen LogP) is 0.636. The Hall–Kier alpha value is -2.48. The minimum atomic E-state index is -1.16. The van der Waals surface area contributed by atoms with Crippen molar-refractivity contribution in [2.24, 2.45) is 0 Å². The molecule has 0 aromatic heterocycles. The van der Waals surface area contributed by atoms with E-state index in [0.717, 1.165) is 6.07 Å². The standard InChI is InChI=1S/C15H15FN2O5/c16-10-6-11-8(1-2-13(19)17-11)5-9(10)14(20)18-3-4-23-12(7-18)15(21)22/h5-6,12H,1-4,7H2,(H,17,19)(H,21,22)/t12-/m0/s1. The Kier molecular flexibility index (Phi) is 3.99. The molecule has 8 heteroatoms. The molecule has 1 fully saturated rings. The summed E-state index contributed by atoms with van der Waals surface area (Å²) in [6, 6.07) is 2.56. The number of carbonyl (C=O) groups is 3. The lowest BCUT2D eigenvalue weighted by Gasteiger charge is -2.31. The monoisotopic (exact) mass is 322 g/mol. The summed E-state index contributed by atoms with van der Waals surface area (Å²) in [7, 11) is 0. The second-order valence-corrected chi connectivity index (χ2v) is 5.49. The van der Waals surface area contributed by atoms with E-state index >= 15 is 0 Å². The number of carboxylic acid groups (broad SMARTS) is 1. The van der Waals surface area contributed by atoms with Crippen LogP contribution in [0.4, 0.5) is 10.1 Å². The Balaban J connectivity index is 1.85. The fraction of sp³-hybridized carbons (Fsp3) is 0.400. The molecule has 2 aliphatic heterocycles. The third-order valence-electron chi connectivity index (χ3n) is 3.95. The lowest BCUT2D eigenvalue weighted by Crippen LogP contribution is -2.48. The zero-order valence-electron chi connectivity index (χ0n) is 12.2. The maximum Gasteiger partial charge on any atom is 0.334 e. The molecule has 0 radical (unpaired) electrons. The van der Waals surface area contributed by atoms with E-state index in [1.54, 1.807) is 0 Å². The minimum Gasteiger partial charge on any atom is -0.479 e. The number of carbonyl (C=O) groups excluding carboxylic acids is 2. The molecular weight excluding hydrogens is 307 g/mol. The number of anilines is 1. The van der Waals surface area contributed by atoms with Crippen molar-refractivity contribution < 1.29 is 28.6 Å². The first kappa shape index (κ1) is 15.4. The van der Waals surface area contributed by atoms with Gasteiger partial charge in [-0.3, -0.25) is 9.59 Å². The summed E-state index contributed by atoms with van der Waals surface area (Å²) in [6.07, 6.45) is -0.388. The highest BCUT2D eigenvalue weighted by molar-refractivity contribution is 5.98. The van der Waals surface area contributed by atoms with E-state index in [0.29, 0.717) is 17.7 Å². The maximum atomic E-state index is 14.2. The van der Waals surface area contributed by atoms with E-state index in [9.17, 15) is 18.8 Å². The van der Waals surface area contributed by atoms with Crippen molar-refractivity contribution in [3.05, 3.63) is 29.1 Å². The van der Waals surface area contributed by atoms with Gasteiger partial charge in [-0.25, -0.2) is 9.18 Å². The number of amides is 2. The second kappa shape index (κ2) is 5.96. The molecule has 1 atom stereocenters. The fourth-order valence-corrected chi connectivity index (χ4v) is 2.72. The summed E-state index contributed by atoms with van der Waals surface area (Å²) in [6.45, 7) is 0.169. The Morgan fingerprint density at radius 2 is 2.13 bits per heavy atom. The minimum absolute atomic E-state index is 0.0886. The molecular formula is C15H15FN2O5. The van der Waals surface area contributed by atoms with Crippen molar-refractivity contribution in [3.8, 4) is 0 Å². The summed E-state index contributed by atoms with van der Waals surface area (Å²) in [5, 5.41) is 11.5. The first-order valence-electron chi connectivity index (χ1n) is 7.21. The SMILES string of the molecule is O=C1CCc2cc(C(=O)N3CCO[C@H](C(=O)O)C3)c(F)cc2N1. The van der Waals surface area contributed by atoms with Crippen molar-refractivity contribution in [3.63, 3.8) is 0 Å². The molecule has 2 aliphatic rings. The molecule has 0 saturated carbocycles. The number of morpholine rings is 1. The Morgan fingerprint density at radius 3 is 2.87 bits per heavy atom. The van der Waals surface area contributed by atoms with Gasteiger partial charge in [0.2, 0.25) is 5.91 Å². The fourth-order valence-electron chi connectivity index (χ4n) is 2.72. The van der Waals surface area contributed by atoms with E-state index in [1.807, 2.05) is 0 Å². The third-order valence-corrected chi connectivity index (χ3v) is 3.95. The second-order valence-electron chi connectivity index (χ2n) is 5.49. The number of fused-ring (bicyclic) bond motifs is 1. The number of rotatable bonds is 2. The number of benzene rings is 1. The number of nitrogens with zero attached hydrogens (tertiary/aromatic N) is 1. The van der Waals surface area contributed by atoms with Crippen LogP contribution in [0, 0.1) is 5.82 Å². The smallest absolute Gasteiger partial charge is 0.334 e. The largest absolute Gasteiger partial charge is 0.479 e. The average molecular weight is 322 g/mol. The molecule has 0 unspecified atom stereocenters. The van der Waals surface area contributed by atoms with Crippen LogP contribution in [0.3, 0.4) is 0 Å². The van der Waals surface area contributed by atoms with Crippen LogP contribution in [0.25, 0.3) is 0 Å². The first-order chi connectivity index (χ1) is 11.0. The van der Waals surface area contributed by atoms with Crippen LogP contribution in [-0.2, 0) is 20.7 Å². The van der Waals surface area contributed by atoms with E-state index in [-0.39, 0.29) is 37.6 Å². The van der Waals surface area contributed by atoms with Gasteiger partial charge in [-0.05, 0) is 24.1 Å². The van der Waals surface area contributed by atoms with Crippen molar-refractivity contribution in [1.29, 1.82) is 0 Å². The number of halogens is 1. The molecule has 0 bridgehead atoms. The van der Waals surface area contributed by atoms with Gasteiger partial charge in [0, 0.05) is 18.7 Å². The number of carboxylic acids is 1. The summed E-state index contributed by atoms with van der Waals surface area (Å²) < 4.78 is 19.3. The number of aryl methyl sites for hydroxylation is 1. The van der Waals surface area contributed by atoms with Gasteiger partial charge < -0.3 is 20.1 Å². The molecule has 3 rings (SSSR count). The number of aliphatic carboxylic acids is 1. The number of hydrogen-bond acceptors (Lipinski definition) is 4. The number of nitrogens with one attached hydrogen (secondary N) is 1. The maximum absolute atomic E-state index is 14.2. The van der Waals surface area contributed by atoms with E-state index in [1.165, 1.54) is 11.0 Å². The summed E-state index contributed by atoms with van der Waals surface area (Å²) >= 11 is 0. The van der Waals surface area contributed by atoms with E-state index in [4.69, 9.17) is 9.84 Å². The molecule has 1 aromatic rings.